The highest BCUT2D eigenvalue weighted by molar-refractivity contribution is 7.92. The van der Waals surface area contributed by atoms with E-state index >= 15 is 0 Å². The van der Waals surface area contributed by atoms with Gasteiger partial charge in [-0.05, 0) is 24.3 Å². The predicted molar refractivity (Wildman–Crippen MR) is 81.7 cm³/mol. The third-order valence-electron chi connectivity index (χ3n) is 3.49. The highest BCUT2D eigenvalue weighted by atomic mass is 32.2. The zero-order chi connectivity index (χ0) is 15.2. The Bertz CT molecular complexity index is 963. The summed E-state index contributed by atoms with van der Waals surface area (Å²) in [5.74, 6) is 0.978. The van der Waals surface area contributed by atoms with Gasteiger partial charge in [0.1, 0.15) is 0 Å². The van der Waals surface area contributed by atoms with Crippen LogP contribution in [0.4, 0.5) is 5.69 Å². The lowest BCUT2D eigenvalue weighted by atomic mass is 10.2. The number of aromatic amines is 1. The average Bonchev–Trinajstić information content (AvgIpc) is 3.15. The number of fused-ring (bicyclic) bond motifs is 2. The van der Waals surface area contributed by atoms with E-state index in [4.69, 9.17) is 9.47 Å². The molecule has 0 radical (unpaired) electrons. The van der Waals surface area contributed by atoms with Crippen molar-refractivity contribution in [3.63, 3.8) is 0 Å². The molecule has 0 amide bonds. The first kappa shape index (κ1) is 13.0. The SMILES string of the molecule is O=S(=O)(Nc1cccc2cc[nH]c12)c1ccc2c(c1)OCO2. The van der Waals surface area contributed by atoms with Crippen LogP contribution in [0.1, 0.15) is 0 Å². The van der Waals surface area contributed by atoms with Crippen molar-refractivity contribution in [1.29, 1.82) is 0 Å². The minimum absolute atomic E-state index is 0.105. The summed E-state index contributed by atoms with van der Waals surface area (Å²) in [6.07, 6.45) is 1.77. The van der Waals surface area contributed by atoms with Crippen LogP contribution in [-0.2, 0) is 10.0 Å². The number of H-pyrrole nitrogens is 1. The van der Waals surface area contributed by atoms with Gasteiger partial charge >= 0.3 is 0 Å². The number of benzene rings is 2. The Hall–Kier alpha value is -2.67. The molecule has 2 heterocycles. The van der Waals surface area contributed by atoms with Crippen molar-refractivity contribution in [2.45, 2.75) is 4.90 Å². The molecule has 2 N–H and O–H groups in total. The van der Waals surface area contributed by atoms with E-state index in [0.717, 1.165) is 10.9 Å². The third-order valence-corrected chi connectivity index (χ3v) is 4.85. The first-order chi connectivity index (χ1) is 10.6. The predicted octanol–water partition coefficient (Wildman–Crippen LogP) is 2.70. The molecule has 4 rings (SSSR count). The number of hydrogen-bond acceptors (Lipinski definition) is 4. The van der Waals surface area contributed by atoms with Crippen LogP contribution in [0.3, 0.4) is 0 Å². The molecular weight excluding hydrogens is 304 g/mol. The lowest BCUT2D eigenvalue weighted by Crippen LogP contribution is -2.13. The highest BCUT2D eigenvalue weighted by Crippen LogP contribution is 2.34. The fourth-order valence-corrected chi connectivity index (χ4v) is 3.50. The second kappa shape index (κ2) is 4.67. The molecule has 1 aliphatic rings. The number of hydrogen-bond donors (Lipinski definition) is 2. The first-order valence-electron chi connectivity index (χ1n) is 6.62. The molecule has 0 saturated heterocycles. The molecule has 0 aliphatic carbocycles. The Kier molecular flexibility index (Phi) is 2.77. The van der Waals surface area contributed by atoms with Crippen LogP contribution in [0.2, 0.25) is 0 Å². The molecule has 1 aromatic heterocycles. The van der Waals surface area contributed by atoms with Gasteiger partial charge in [-0.15, -0.1) is 0 Å². The van der Waals surface area contributed by atoms with E-state index in [0.29, 0.717) is 17.2 Å². The molecule has 0 atom stereocenters. The van der Waals surface area contributed by atoms with Gasteiger partial charge in [0.05, 0.1) is 16.1 Å². The van der Waals surface area contributed by atoms with Crippen molar-refractivity contribution in [2.24, 2.45) is 0 Å². The maximum Gasteiger partial charge on any atom is 0.262 e. The topological polar surface area (TPSA) is 80.4 Å². The van der Waals surface area contributed by atoms with Gasteiger partial charge in [0, 0.05) is 17.6 Å². The average molecular weight is 316 g/mol. The molecule has 0 spiro atoms. The second-order valence-corrected chi connectivity index (χ2v) is 6.55. The van der Waals surface area contributed by atoms with Crippen LogP contribution in [-0.4, -0.2) is 20.2 Å². The number of rotatable bonds is 3. The summed E-state index contributed by atoms with van der Waals surface area (Å²) >= 11 is 0. The van der Waals surface area contributed by atoms with E-state index in [1.807, 2.05) is 12.1 Å². The Balaban J connectivity index is 1.74. The third kappa shape index (κ3) is 2.06. The quantitative estimate of drug-likeness (QED) is 0.778. The van der Waals surface area contributed by atoms with E-state index in [1.165, 1.54) is 12.1 Å². The molecule has 6 nitrogen and oxygen atoms in total. The van der Waals surface area contributed by atoms with E-state index in [2.05, 4.69) is 9.71 Å². The molecule has 112 valence electrons. The maximum absolute atomic E-state index is 12.5. The molecule has 0 bridgehead atoms. The van der Waals surface area contributed by atoms with Gasteiger partial charge in [-0.2, -0.15) is 0 Å². The molecule has 7 heteroatoms. The standard InChI is InChI=1S/C15H12N2O4S/c18-22(19,11-4-5-13-14(8-11)21-9-20-13)17-12-3-1-2-10-6-7-16-15(10)12/h1-8,16-17H,9H2. The van der Waals surface area contributed by atoms with Crippen molar-refractivity contribution in [3.8, 4) is 11.5 Å². The number of para-hydroxylation sites is 1. The highest BCUT2D eigenvalue weighted by Gasteiger charge is 2.21. The smallest absolute Gasteiger partial charge is 0.262 e. The molecule has 2 aromatic carbocycles. The van der Waals surface area contributed by atoms with Gasteiger partial charge < -0.3 is 14.5 Å². The van der Waals surface area contributed by atoms with Crippen LogP contribution < -0.4 is 14.2 Å². The number of sulfonamides is 1. The molecule has 0 fully saturated rings. The summed E-state index contributed by atoms with van der Waals surface area (Å²) < 4.78 is 38.1. The summed E-state index contributed by atoms with van der Waals surface area (Å²) in [7, 11) is -3.71. The van der Waals surface area contributed by atoms with Gasteiger partial charge in [-0.3, -0.25) is 4.72 Å². The second-order valence-electron chi connectivity index (χ2n) is 4.87. The summed E-state index contributed by atoms with van der Waals surface area (Å²) in [4.78, 5) is 3.16. The zero-order valence-corrected chi connectivity index (χ0v) is 12.2. The van der Waals surface area contributed by atoms with Crippen LogP contribution in [0, 0.1) is 0 Å². The van der Waals surface area contributed by atoms with E-state index in [1.54, 1.807) is 24.4 Å². The van der Waals surface area contributed by atoms with Crippen molar-refractivity contribution in [1.82, 2.24) is 4.98 Å². The number of aromatic nitrogens is 1. The Labute approximate surface area is 126 Å². The minimum Gasteiger partial charge on any atom is -0.454 e. The number of ether oxygens (including phenoxy) is 2. The molecule has 0 unspecified atom stereocenters. The summed E-state index contributed by atoms with van der Waals surface area (Å²) in [6.45, 7) is 0.105. The van der Waals surface area contributed by atoms with Gasteiger partial charge in [-0.1, -0.05) is 12.1 Å². The fraction of sp³-hybridized carbons (Fsp3) is 0.0667. The zero-order valence-electron chi connectivity index (χ0n) is 11.4. The van der Waals surface area contributed by atoms with Crippen molar-refractivity contribution < 1.29 is 17.9 Å². The minimum atomic E-state index is -3.71. The monoisotopic (exact) mass is 316 g/mol. The number of nitrogens with one attached hydrogen (secondary N) is 2. The van der Waals surface area contributed by atoms with E-state index < -0.39 is 10.0 Å². The summed E-state index contributed by atoms with van der Waals surface area (Å²) in [5.41, 5.74) is 1.24. The van der Waals surface area contributed by atoms with Crippen LogP contribution in [0.5, 0.6) is 11.5 Å². The van der Waals surface area contributed by atoms with Crippen LogP contribution in [0.15, 0.2) is 53.6 Å². The van der Waals surface area contributed by atoms with Gasteiger partial charge in [0.25, 0.3) is 10.0 Å². The normalized spacial score (nSPS) is 13.5. The summed E-state index contributed by atoms with van der Waals surface area (Å²) in [5, 5.41) is 0.936. The van der Waals surface area contributed by atoms with Crippen molar-refractivity contribution in [3.05, 3.63) is 48.7 Å². The van der Waals surface area contributed by atoms with Crippen molar-refractivity contribution in [2.75, 3.05) is 11.5 Å². The van der Waals surface area contributed by atoms with Crippen LogP contribution in [0.25, 0.3) is 10.9 Å². The molecule has 3 aromatic rings. The van der Waals surface area contributed by atoms with Crippen LogP contribution >= 0.6 is 0 Å². The maximum atomic E-state index is 12.5. The lowest BCUT2D eigenvalue weighted by molar-refractivity contribution is 0.174. The molecule has 0 saturated carbocycles. The summed E-state index contributed by atoms with van der Waals surface area (Å²) in [6, 6.07) is 11.8. The molecular formula is C15H12N2O4S. The van der Waals surface area contributed by atoms with E-state index in [9.17, 15) is 8.42 Å². The fourth-order valence-electron chi connectivity index (χ4n) is 2.42. The largest absolute Gasteiger partial charge is 0.454 e. The van der Waals surface area contributed by atoms with Gasteiger partial charge in [-0.25, -0.2) is 8.42 Å². The Morgan fingerprint density at radius 1 is 1.05 bits per heavy atom. The first-order valence-corrected chi connectivity index (χ1v) is 8.10. The van der Waals surface area contributed by atoms with E-state index in [-0.39, 0.29) is 11.7 Å². The number of anilines is 1. The van der Waals surface area contributed by atoms with Gasteiger partial charge in [0.2, 0.25) is 6.79 Å². The Morgan fingerprint density at radius 2 is 1.91 bits per heavy atom. The molecule has 22 heavy (non-hydrogen) atoms. The van der Waals surface area contributed by atoms with Gasteiger partial charge in [0.15, 0.2) is 11.5 Å². The molecule has 1 aliphatic heterocycles. The van der Waals surface area contributed by atoms with Crippen molar-refractivity contribution >= 4 is 26.6 Å². The lowest BCUT2D eigenvalue weighted by Gasteiger charge is -2.09. The Morgan fingerprint density at radius 3 is 2.82 bits per heavy atom.